The fourth-order valence-electron chi connectivity index (χ4n) is 4.04. The van der Waals surface area contributed by atoms with Crippen molar-refractivity contribution in [2.75, 3.05) is 4.90 Å². The lowest BCUT2D eigenvalue weighted by Gasteiger charge is -2.30. The van der Waals surface area contributed by atoms with Crippen molar-refractivity contribution in [2.24, 2.45) is 16.8 Å². The van der Waals surface area contributed by atoms with Gasteiger partial charge in [-0.3, -0.25) is 14.5 Å². The van der Waals surface area contributed by atoms with Crippen molar-refractivity contribution in [1.29, 1.82) is 0 Å². The lowest BCUT2D eigenvalue weighted by Crippen LogP contribution is -2.42. The second-order valence-corrected chi connectivity index (χ2v) is 8.00. The first-order valence-corrected chi connectivity index (χ1v) is 9.93. The van der Waals surface area contributed by atoms with Gasteiger partial charge in [0.15, 0.2) is 0 Å². The van der Waals surface area contributed by atoms with Gasteiger partial charge in [0.1, 0.15) is 23.3 Å². The summed E-state index contributed by atoms with van der Waals surface area (Å²) in [4.78, 5) is 43.9. The van der Waals surface area contributed by atoms with E-state index in [4.69, 9.17) is 4.74 Å². The lowest BCUT2D eigenvalue weighted by atomic mass is 9.87. The van der Waals surface area contributed by atoms with Crippen LogP contribution in [-0.4, -0.2) is 23.5 Å². The maximum Gasteiger partial charge on any atom is 0.354 e. The first kappa shape index (κ1) is 20.8. The Balaban J connectivity index is 1.87. The van der Waals surface area contributed by atoms with Crippen LogP contribution in [0.25, 0.3) is 0 Å². The Morgan fingerprint density at radius 1 is 1.06 bits per heavy atom. The largest absolute Gasteiger partial charge is 0.427 e. The van der Waals surface area contributed by atoms with E-state index in [1.54, 1.807) is 30.3 Å². The van der Waals surface area contributed by atoms with Crippen LogP contribution in [0.5, 0.6) is 0 Å². The van der Waals surface area contributed by atoms with Crippen molar-refractivity contribution in [1.82, 2.24) is 0 Å². The molecular weight excluding hydrogens is 406 g/mol. The third-order valence-electron chi connectivity index (χ3n) is 5.34. The molecule has 0 unspecified atom stereocenters. The van der Waals surface area contributed by atoms with E-state index >= 15 is 0 Å². The van der Waals surface area contributed by atoms with Crippen LogP contribution in [0.1, 0.15) is 32.3 Å². The number of esters is 1. The first-order valence-electron chi connectivity index (χ1n) is 9.93. The van der Waals surface area contributed by atoms with Crippen LogP contribution in [0, 0.1) is 23.5 Å². The van der Waals surface area contributed by atoms with E-state index in [9.17, 15) is 23.2 Å². The van der Waals surface area contributed by atoms with E-state index in [-0.39, 0.29) is 18.1 Å². The van der Waals surface area contributed by atoms with Crippen LogP contribution in [0.15, 0.2) is 53.5 Å². The monoisotopic (exact) mass is 426 g/mol. The zero-order chi connectivity index (χ0) is 22.3. The van der Waals surface area contributed by atoms with Crippen molar-refractivity contribution < 1.29 is 27.9 Å². The van der Waals surface area contributed by atoms with Gasteiger partial charge in [0.25, 0.3) is 0 Å². The molecule has 1 saturated heterocycles. The number of benzene rings is 2. The van der Waals surface area contributed by atoms with Gasteiger partial charge in [-0.1, -0.05) is 38.1 Å². The number of aliphatic imine (C=N–C) groups is 1. The molecule has 2 amide bonds. The molecule has 0 bridgehead atoms. The number of para-hydroxylation sites is 1. The molecule has 0 aliphatic carbocycles. The minimum absolute atomic E-state index is 0.00861. The van der Waals surface area contributed by atoms with Crippen molar-refractivity contribution >= 4 is 29.2 Å². The Morgan fingerprint density at radius 3 is 2.32 bits per heavy atom. The smallest absolute Gasteiger partial charge is 0.354 e. The van der Waals surface area contributed by atoms with E-state index in [2.05, 4.69) is 4.99 Å². The molecule has 2 aliphatic heterocycles. The Hall–Kier alpha value is -3.42. The number of anilines is 1. The third kappa shape index (κ3) is 3.41. The summed E-state index contributed by atoms with van der Waals surface area (Å²) in [6.45, 7) is 3.70. The Labute approximate surface area is 177 Å². The molecule has 2 atom stereocenters. The van der Waals surface area contributed by atoms with Crippen molar-refractivity contribution in [3.63, 3.8) is 0 Å². The normalized spacial score (nSPS) is 23.5. The van der Waals surface area contributed by atoms with Gasteiger partial charge < -0.3 is 4.74 Å². The fourth-order valence-corrected chi connectivity index (χ4v) is 4.04. The standard InChI is InChI=1S/C23H20F2N2O4/c1-13(2)11-18-22(30)31-23(26-18,20-16(24)9-6-10-17(20)25)15-12-19(28)27(21(15)29)14-7-4-3-5-8-14/h3-10,13,15H,11-12H2,1-2H3/t15-,23+/m0/s1. The topological polar surface area (TPSA) is 76.0 Å². The Bertz CT molecular complexity index is 1080. The summed E-state index contributed by atoms with van der Waals surface area (Å²) in [5.41, 5.74) is -2.63. The third-order valence-corrected chi connectivity index (χ3v) is 5.34. The van der Waals surface area contributed by atoms with Crippen molar-refractivity contribution in [2.45, 2.75) is 32.4 Å². The van der Waals surface area contributed by atoms with Crippen LogP contribution in [-0.2, 0) is 24.8 Å². The summed E-state index contributed by atoms with van der Waals surface area (Å²) in [5, 5.41) is 0. The fraction of sp³-hybridized carbons (Fsp3) is 0.304. The number of amides is 2. The Morgan fingerprint density at radius 2 is 1.71 bits per heavy atom. The number of hydrogen-bond acceptors (Lipinski definition) is 5. The van der Waals surface area contributed by atoms with Gasteiger partial charge in [-0.05, 0) is 36.6 Å². The number of hydrogen-bond donors (Lipinski definition) is 0. The molecule has 160 valence electrons. The molecule has 2 heterocycles. The van der Waals surface area contributed by atoms with E-state index in [1.807, 2.05) is 13.8 Å². The molecule has 2 aromatic carbocycles. The molecule has 8 heteroatoms. The van der Waals surface area contributed by atoms with Gasteiger partial charge in [-0.15, -0.1) is 0 Å². The molecule has 0 spiro atoms. The molecule has 0 aromatic heterocycles. The second kappa shape index (κ2) is 7.68. The molecule has 31 heavy (non-hydrogen) atoms. The summed E-state index contributed by atoms with van der Waals surface area (Å²) in [5.74, 6) is -5.58. The van der Waals surface area contributed by atoms with E-state index in [0.29, 0.717) is 5.69 Å². The van der Waals surface area contributed by atoms with Crippen LogP contribution in [0.2, 0.25) is 0 Å². The summed E-state index contributed by atoms with van der Waals surface area (Å²) in [6, 6.07) is 11.3. The number of halogens is 2. The molecule has 0 N–H and O–H groups in total. The maximum absolute atomic E-state index is 14.9. The maximum atomic E-state index is 14.9. The quantitative estimate of drug-likeness (QED) is 0.539. The van der Waals surface area contributed by atoms with Gasteiger partial charge >= 0.3 is 5.97 Å². The van der Waals surface area contributed by atoms with Gasteiger partial charge in [-0.25, -0.2) is 18.6 Å². The summed E-state index contributed by atoms with van der Waals surface area (Å²) in [7, 11) is 0. The predicted octanol–water partition coefficient (Wildman–Crippen LogP) is 3.74. The Kier molecular flexibility index (Phi) is 5.16. The molecule has 0 radical (unpaired) electrons. The average Bonchev–Trinajstić information content (AvgIpc) is 3.19. The van der Waals surface area contributed by atoms with Gasteiger partial charge in [0.2, 0.25) is 17.5 Å². The molecule has 2 aliphatic rings. The highest BCUT2D eigenvalue weighted by molar-refractivity contribution is 6.38. The molecule has 4 rings (SSSR count). The lowest BCUT2D eigenvalue weighted by molar-refractivity contribution is -0.157. The molecule has 0 saturated carbocycles. The minimum Gasteiger partial charge on any atom is -0.427 e. The van der Waals surface area contributed by atoms with Crippen LogP contribution in [0.3, 0.4) is 0 Å². The van der Waals surface area contributed by atoms with Crippen LogP contribution in [0.4, 0.5) is 14.5 Å². The zero-order valence-corrected chi connectivity index (χ0v) is 17.0. The zero-order valence-electron chi connectivity index (χ0n) is 17.0. The highest BCUT2D eigenvalue weighted by atomic mass is 19.1. The number of carbonyl (C=O) groups is 3. The van der Waals surface area contributed by atoms with Crippen LogP contribution >= 0.6 is 0 Å². The van der Waals surface area contributed by atoms with Crippen molar-refractivity contribution in [3.05, 3.63) is 65.7 Å². The second-order valence-electron chi connectivity index (χ2n) is 8.00. The predicted molar refractivity (Wildman–Crippen MR) is 108 cm³/mol. The number of rotatable bonds is 5. The van der Waals surface area contributed by atoms with Crippen LogP contribution < -0.4 is 4.90 Å². The van der Waals surface area contributed by atoms with Gasteiger partial charge in [0, 0.05) is 6.42 Å². The highest BCUT2D eigenvalue weighted by Gasteiger charge is 2.60. The SMILES string of the molecule is CC(C)CC1=N[C@](c2c(F)cccc2F)([C@H]2CC(=O)N(c3ccccc3)C2=O)OC1=O. The highest BCUT2D eigenvalue weighted by Crippen LogP contribution is 2.47. The minimum atomic E-state index is -2.28. The summed E-state index contributed by atoms with van der Waals surface area (Å²) in [6.07, 6.45) is -0.207. The summed E-state index contributed by atoms with van der Waals surface area (Å²) >= 11 is 0. The number of carbonyl (C=O) groups excluding carboxylic acids is 3. The summed E-state index contributed by atoms with van der Waals surface area (Å²) < 4.78 is 35.2. The number of imide groups is 1. The average molecular weight is 426 g/mol. The molecule has 2 aromatic rings. The van der Waals surface area contributed by atoms with Gasteiger partial charge in [-0.2, -0.15) is 0 Å². The van der Waals surface area contributed by atoms with E-state index in [0.717, 1.165) is 23.1 Å². The first-order chi connectivity index (χ1) is 14.7. The number of ether oxygens (including phenoxy) is 1. The van der Waals surface area contributed by atoms with E-state index < -0.39 is 53.0 Å². The number of nitrogens with zero attached hydrogens (tertiary/aromatic N) is 2. The molecular formula is C23H20F2N2O4. The van der Waals surface area contributed by atoms with E-state index in [1.165, 1.54) is 0 Å². The van der Waals surface area contributed by atoms with Gasteiger partial charge in [0.05, 0.1) is 11.3 Å². The number of cyclic esters (lactones) is 1. The van der Waals surface area contributed by atoms with Crippen molar-refractivity contribution in [3.8, 4) is 0 Å². The molecule has 1 fully saturated rings. The molecule has 6 nitrogen and oxygen atoms in total.